The zero-order valence-corrected chi connectivity index (χ0v) is 11.3. The lowest BCUT2D eigenvalue weighted by Gasteiger charge is -2.26. The minimum Gasteiger partial charge on any atom is -0.508 e. The van der Waals surface area contributed by atoms with Crippen molar-refractivity contribution >= 4 is 9.84 Å². The number of phenolic OH excluding ortho intramolecular Hbond substituents is 1. The smallest absolute Gasteiger partial charge is 0.151 e. The molecule has 0 aromatic heterocycles. The second-order valence-corrected chi connectivity index (χ2v) is 7.17. The van der Waals surface area contributed by atoms with E-state index in [0.717, 1.165) is 18.4 Å². The molecule has 1 saturated heterocycles. The van der Waals surface area contributed by atoms with Gasteiger partial charge in [-0.3, -0.25) is 0 Å². The van der Waals surface area contributed by atoms with Crippen LogP contribution in [0, 0.1) is 0 Å². The molecule has 1 fully saturated rings. The Bertz CT molecular complexity index is 513. The summed E-state index contributed by atoms with van der Waals surface area (Å²) in [7, 11) is -2.88. The van der Waals surface area contributed by atoms with Crippen molar-refractivity contribution in [1.82, 2.24) is 5.32 Å². The van der Waals surface area contributed by atoms with Crippen molar-refractivity contribution in [2.45, 2.75) is 31.8 Å². The molecule has 0 saturated carbocycles. The Hall–Kier alpha value is -1.07. The molecule has 0 radical (unpaired) electrons. The summed E-state index contributed by atoms with van der Waals surface area (Å²) in [4.78, 5) is 0. The lowest BCUT2D eigenvalue weighted by atomic mass is 10.1. The average Bonchev–Trinajstić information content (AvgIpc) is 2.27. The second kappa shape index (κ2) is 5.28. The summed E-state index contributed by atoms with van der Waals surface area (Å²) in [5, 5.41) is 12.8. The molecule has 0 spiro atoms. The number of rotatable bonds is 3. The van der Waals surface area contributed by atoms with E-state index in [-0.39, 0.29) is 23.6 Å². The molecule has 0 amide bonds. The number of sulfone groups is 1. The molecule has 100 valence electrons. The predicted molar refractivity (Wildman–Crippen MR) is 71.3 cm³/mol. The lowest BCUT2D eigenvalue weighted by Crippen LogP contribution is -2.41. The highest BCUT2D eigenvalue weighted by atomic mass is 32.2. The van der Waals surface area contributed by atoms with Crippen LogP contribution >= 0.6 is 0 Å². The molecule has 2 N–H and O–H groups in total. The Morgan fingerprint density at radius 3 is 2.89 bits per heavy atom. The van der Waals surface area contributed by atoms with Crippen LogP contribution in [0.4, 0.5) is 0 Å². The van der Waals surface area contributed by atoms with Gasteiger partial charge in [0.2, 0.25) is 0 Å². The predicted octanol–water partition coefficient (Wildman–Crippen LogP) is 1.62. The number of hydrogen-bond donors (Lipinski definition) is 2. The molecule has 5 heteroatoms. The maximum atomic E-state index is 11.6. The molecular formula is C13H19NO3S. The molecule has 18 heavy (non-hydrogen) atoms. The third-order valence-electron chi connectivity index (χ3n) is 3.32. The molecule has 1 aliphatic rings. The van der Waals surface area contributed by atoms with Crippen molar-refractivity contribution in [2.75, 3.05) is 11.5 Å². The van der Waals surface area contributed by atoms with Gasteiger partial charge in [-0.15, -0.1) is 0 Å². The van der Waals surface area contributed by atoms with Gasteiger partial charge in [0.05, 0.1) is 11.5 Å². The van der Waals surface area contributed by atoms with Gasteiger partial charge in [-0.25, -0.2) is 8.42 Å². The maximum Gasteiger partial charge on any atom is 0.151 e. The van der Waals surface area contributed by atoms with Gasteiger partial charge in [0.1, 0.15) is 5.75 Å². The normalized spacial score (nSPS) is 24.6. The quantitative estimate of drug-likeness (QED) is 0.875. The third kappa shape index (κ3) is 3.46. The largest absolute Gasteiger partial charge is 0.508 e. The van der Waals surface area contributed by atoms with Crippen LogP contribution in [0.2, 0.25) is 0 Å². The molecule has 0 aliphatic carbocycles. The van der Waals surface area contributed by atoms with E-state index in [1.807, 2.05) is 13.0 Å². The Kier molecular flexibility index (Phi) is 3.92. The van der Waals surface area contributed by atoms with Gasteiger partial charge in [0.15, 0.2) is 9.84 Å². The van der Waals surface area contributed by atoms with Crippen molar-refractivity contribution in [3.05, 3.63) is 29.8 Å². The monoisotopic (exact) mass is 269 g/mol. The summed E-state index contributed by atoms with van der Waals surface area (Å²) >= 11 is 0. The van der Waals surface area contributed by atoms with Crippen molar-refractivity contribution in [1.29, 1.82) is 0 Å². The average molecular weight is 269 g/mol. The van der Waals surface area contributed by atoms with E-state index in [0.29, 0.717) is 5.75 Å². The van der Waals surface area contributed by atoms with E-state index in [1.54, 1.807) is 18.2 Å². The first kappa shape index (κ1) is 13.4. The van der Waals surface area contributed by atoms with E-state index in [9.17, 15) is 13.5 Å². The van der Waals surface area contributed by atoms with Crippen LogP contribution in [0.25, 0.3) is 0 Å². The molecule has 2 atom stereocenters. The second-order valence-electron chi connectivity index (χ2n) is 4.94. The van der Waals surface area contributed by atoms with Crippen LogP contribution < -0.4 is 5.32 Å². The fourth-order valence-corrected chi connectivity index (χ4v) is 4.05. The van der Waals surface area contributed by atoms with Gasteiger partial charge < -0.3 is 10.4 Å². The Labute approximate surface area is 108 Å². The highest BCUT2D eigenvalue weighted by Gasteiger charge is 2.25. The highest BCUT2D eigenvalue weighted by molar-refractivity contribution is 7.91. The standard InChI is InChI=1S/C13H19NO3S/c1-10(11-4-2-6-13(15)8-11)14-12-5-3-7-18(16,17)9-12/h2,4,6,8,10,12,14-15H,3,5,7,9H2,1H3. The number of phenols is 1. The first-order valence-electron chi connectivity index (χ1n) is 6.22. The molecule has 2 unspecified atom stereocenters. The van der Waals surface area contributed by atoms with E-state index < -0.39 is 9.84 Å². The Balaban J connectivity index is 2.01. The molecule has 1 aromatic rings. The van der Waals surface area contributed by atoms with E-state index in [1.165, 1.54) is 0 Å². The first-order chi connectivity index (χ1) is 8.46. The highest BCUT2D eigenvalue weighted by Crippen LogP contribution is 2.20. The first-order valence-corrected chi connectivity index (χ1v) is 8.04. The summed E-state index contributed by atoms with van der Waals surface area (Å²) in [6.07, 6.45) is 1.62. The number of nitrogens with one attached hydrogen (secondary N) is 1. The van der Waals surface area contributed by atoms with Gasteiger partial charge in [0.25, 0.3) is 0 Å². The lowest BCUT2D eigenvalue weighted by molar-refractivity contribution is 0.434. The van der Waals surface area contributed by atoms with Crippen LogP contribution in [0.5, 0.6) is 5.75 Å². The summed E-state index contributed by atoms with van der Waals surface area (Å²) in [6.45, 7) is 1.98. The molecule has 1 aromatic carbocycles. The molecule has 0 bridgehead atoms. The van der Waals surface area contributed by atoms with Gasteiger partial charge in [-0.05, 0) is 37.5 Å². The van der Waals surface area contributed by atoms with Gasteiger partial charge in [0, 0.05) is 12.1 Å². The van der Waals surface area contributed by atoms with Crippen LogP contribution in [0.15, 0.2) is 24.3 Å². The maximum absolute atomic E-state index is 11.6. The minimum absolute atomic E-state index is 0.0149. The van der Waals surface area contributed by atoms with Crippen LogP contribution in [0.1, 0.15) is 31.4 Å². The summed E-state index contributed by atoms with van der Waals surface area (Å²) in [5.74, 6) is 0.763. The van der Waals surface area contributed by atoms with Gasteiger partial charge >= 0.3 is 0 Å². The third-order valence-corrected chi connectivity index (χ3v) is 5.14. The zero-order chi connectivity index (χ0) is 13.2. The Morgan fingerprint density at radius 1 is 1.44 bits per heavy atom. The topological polar surface area (TPSA) is 66.4 Å². The van der Waals surface area contributed by atoms with Gasteiger partial charge in [-0.1, -0.05) is 12.1 Å². The summed E-state index contributed by atoms with van der Waals surface area (Å²) in [6, 6.07) is 7.10. The van der Waals surface area contributed by atoms with Crippen LogP contribution in [-0.2, 0) is 9.84 Å². The Morgan fingerprint density at radius 2 is 2.22 bits per heavy atom. The van der Waals surface area contributed by atoms with Crippen LogP contribution in [0.3, 0.4) is 0 Å². The van der Waals surface area contributed by atoms with Crippen molar-refractivity contribution in [3.63, 3.8) is 0 Å². The SMILES string of the molecule is CC(NC1CCCS(=O)(=O)C1)c1cccc(O)c1. The molecule has 2 rings (SSSR count). The van der Waals surface area contributed by atoms with Crippen molar-refractivity contribution in [3.8, 4) is 5.75 Å². The van der Waals surface area contributed by atoms with Crippen LogP contribution in [-0.4, -0.2) is 31.1 Å². The van der Waals surface area contributed by atoms with Gasteiger partial charge in [-0.2, -0.15) is 0 Å². The number of benzene rings is 1. The molecular weight excluding hydrogens is 250 g/mol. The van der Waals surface area contributed by atoms with E-state index in [4.69, 9.17) is 0 Å². The summed E-state index contributed by atoms with van der Waals surface area (Å²) in [5.41, 5.74) is 0.970. The fraction of sp³-hybridized carbons (Fsp3) is 0.538. The fourth-order valence-electron chi connectivity index (χ4n) is 2.40. The molecule has 1 aliphatic heterocycles. The van der Waals surface area contributed by atoms with E-state index in [2.05, 4.69) is 5.32 Å². The van der Waals surface area contributed by atoms with E-state index >= 15 is 0 Å². The molecule has 1 heterocycles. The number of hydrogen-bond acceptors (Lipinski definition) is 4. The summed E-state index contributed by atoms with van der Waals surface area (Å²) < 4.78 is 23.1. The van der Waals surface area contributed by atoms with Crippen molar-refractivity contribution < 1.29 is 13.5 Å². The zero-order valence-electron chi connectivity index (χ0n) is 10.5. The van der Waals surface area contributed by atoms with Crippen molar-refractivity contribution in [2.24, 2.45) is 0 Å². The molecule has 4 nitrogen and oxygen atoms in total. The number of aromatic hydroxyl groups is 1. The minimum atomic E-state index is -2.88.